The van der Waals surface area contributed by atoms with Gasteiger partial charge in [0.15, 0.2) is 0 Å². The average molecular weight is 230 g/mol. The van der Waals surface area contributed by atoms with Crippen LogP contribution in [0.5, 0.6) is 0 Å². The Kier molecular flexibility index (Phi) is 2.51. The zero-order valence-electron chi connectivity index (χ0n) is 10.4. The third kappa shape index (κ3) is 1.61. The lowest BCUT2D eigenvalue weighted by Gasteiger charge is -2.23. The Morgan fingerprint density at radius 3 is 2.88 bits per heavy atom. The van der Waals surface area contributed by atoms with E-state index >= 15 is 0 Å². The van der Waals surface area contributed by atoms with E-state index < -0.39 is 0 Å². The molecule has 0 amide bonds. The summed E-state index contributed by atoms with van der Waals surface area (Å²) in [6.07, 6.45) is 2.10. The lowest BCUT2D eigenvalue weighted by Crippen LogP contribution is -2.18. The van der Waals surface area contributed by atoms with Gasteiger partial charge >= 0.3 is 0 Å². The number of hydrogen-bond donors (Lipinski definition) is 0. The molecule has 3 unspecified atom stereocenters. The monoisotopic (exact) mass is 230 g/mol. The molecule has 17 heavy (non-hydrogen) atoms. The van der Waals surface area contributed by atoms with Gasteiger partial charge in [0.2, 0.25) is 0 Å². The smallest absolute Gasteiger partial charge is 0.0994 e. The van der Waals surface area contributed by atoms with Crippen LogP contribution in [0.2, 0.25) is 0 Å². The molecule has 3 rings (SSSR count). The summed E-state index contributed by atoms with van der Waals surface area (Å²) in [5.74, 6) is 0.975. The summed E-state index contributed by atoms with van der Waals surface area (Å²) in [7, 11) is 4.17. The van der Waals surface area contributed by atoms with Crippen molar-refractivity contribution in [2.75, 3.05) is 14.1 Å². The molecule has 2 aliphatic carbocycles. The first-order valence-electron chi connectivity index (χ1n) is 6.29. The second-order valence-electron chi connectivity index (χ2n) is 5.61. The van der Waals surface area contributed by atoms with Gasteiger partial charge in [-0.3, -0.25) is 0 Å². The molecule has 0 aliphatic heterocycles. The van der Waals surface area contributed by atoms with E-state index in [1.165, 1.54) is 16.7 Å². The van der Waals surface area contributed by atoms with E-state index in [1.54, 1.807) is 0 Å². The Hall–Kier alpha value is -1.22. The van der Waals surface area contributed by atoms with Crippen molar-refractivity contribution in [2.24, 2.45) is 5.18 Å². The largest absolute Gasteiger partial charge is 0.305 e. The van der Waals surface area contributed by atoms with Crippen LogP contribution in [0.3, 0.4) is 0 Å². The van der Waals surface area contributed by atoms with E-state index in [0.717, 1.165) is 19.4 Å². The topological polar surface area (TPSA) is 32.7 Å². The fraction of sp³-hybridized carbons (Fsp3) is 0.571. The standard InChI is InChI=1S/C14H18N2O/c1-16(2)8-9-4-3-5-11-10-6-12(14(9)11)13(7-10)15-17/h3-5,10,12-13H,6-8H2,1-2H3. The molecule has 90 valence electrons. The minimum absolute atomic E-state index is 0.0239. The van der Waals surface area contributed by atoms with Crippen LogP contribution >= 0.6 is 0 Å². The summed E-state index contributed by atoms with van der Waals surface area (Å²) in [6, 6.07) is 6.61. The van der Waals surface area contributed by atoms with Crippen LogP contribution in [0, 0.1) is 4.91 Å². The minimum atomic E-state index is 0.0239. The lowest BCUT2D eigenvalue weighted by atomic mass is 9.85. The number of rotatable bonds is 3. The highest BCUT2D eigenvalue weighted by Crippen LogP contribution is 2.55. The van der Waals surface area contributed by atoms with Crippen molar-refractivity contribution < 1.29 is 0 Å². The molecule has 0 heterocycles. The third-order valence-electron chi connectivity index (χ3n) is 4.19. The molecule has 1 saturated carbocycles. The van der Waals surface area contributed by atoms with E-state index in [-0.39, 0.29) is 6.04 Å². The molecule has 0 N–H and O–H groups in total. The van der Waals surface area contributed by atoms with Gasteiger partial charge in [-0.2, -0.15) is 4.91 Å². The van der Waals surface area contributed by atoms with Crippen molar-refractivity contribution in [3.63, 3.8) is 0 Å². The van der Waals surface area contributed by atoms with Crippen LogP contribution in [0.4, 0.5) is 0 Å². The number of benzene rings is 1. The van der Waals surface area contributed by atoms with Crippen molar-refractivity contribution >= 4 is 0 Å². The quantitative estimate of drug-likeness (QED) is 0.748. The molecule has 1 aromatic rings. The van der Waals surface area contributed by atoms with E-state index in [1.807, 2.05) is 0 Å². The second kappa shape index (κ2) is 3.91. The highest BCUT2D eigenvalue weighted by molar-refractivity contribution is 5.48. The Balaban J connectivity index is 2.03. The van der Waals surface area contributed by atoms with Gasteiger partial charge in [-0.25, -0.2) is 0 Å². The van der Waals surface area contributed by atoms with Crippen molar-refractivity contribution in [1.82, 2.24) is 4.90 Å². The number of hydrogen-bond acceptors (Lipinski definition) is 3. The summed E-state index contributed by atoms with van der Waals surface area (Å²) in [6.45, 7) is 0.956. The molecule has 3 atom stereocenters. The van der Waals surface area contributed by atoms with Crippen LogP contribution in [0.25, 0.3) is 0 Å². The van der Waals surface area contributed by atoms with Gasteiger partial charge < -0.3 is 4.90 Å². The normalized spacial score (nSPS) is 29.7. The van der Waals surface area contributed by atoms with Gasteiger partial charge in [-0.15, -0.1) is 0 Å². The van der Waals surface area contributed by atoms with Crippen LogP contribution < -0.4 is 0 Å². The minimum Gasteiger partial charge on any atom is -0.305 e. The van der Waals surface area contributed by atoms with Crippen LogP contribution in [-0.2, 0) is 6.54 Å². The summed E-state index contributed by atoms with van der Waals surface area (Å²) in [5.41, 5.74) is 4.30. The predicted molar refractivity (Wildman–Crippen MR) is 68.1 cm³/mol. The van der Waals surface area contributed by atoms with Crippen LogP contribution in [0.1, 0.15) is 41.4 Å². The Morgan fingerprint density at radius 2 is 2.18 bits per heavy atom. The Bertz CT molecular complexity index is 456. The lowest BCUT2D eigenvalue weighted by molar-refractivity contribution is 0.398. The number of fused-ring (bicyclic) bond motifs is 5. The molecular weight excluding hydrogens is 212 g/mol. The first-order chi connectivity index (χ1) is 8.20. The molecule has 2 aliphatic rings. The molecule has 3 nitrogen and oxygen atoms in total. The average Bonchev–Trinajstić information content (AvgIpc) is 2.86. The van der Waals surface area contributed by atoms with Crippen molar-refractivity contribution in [1.29, 1.82) is 0 Å². The van der Waals surface area contributed by atoms with Gasteiger partial charge in [0.25, 0.3) is 0 Å². The predicted octanol–water partition coefficient (Wildman–Crippen LogP) is 2.86. The van der Waals surface area contributed by atoms with E-state index in [0.29, 0.717) is 11.8 Å². The maximum atomic E-state index is 10.9. The van der Waals surface area contributed by atoms with Crippen molar-refractivity contribution in [3.05, 3.63) is 39.8 Å². The zero-order chi connectivity index (χ0) is 12.0. The highest BCUT2D eigenvalue weighted by Gasteiger charge is 2.45. The van der Waals surface area contributed by atoms with E-state index in [9.17, 15) is 4.91 Å². The molecule has 2 bridgehead atoms. The van der Waals surface area contributed by atoms with Gasteiger partial charge in [-0.1, -0.05) is 23.4 Å². The summed E-state index contributed by atoms with van der Waals surface area (Å²) < 4.78 is 0. The molecule has 0 spiro atoms. The second-order valence-corrected chi connectivity index (χ2v) is 5.61. The van der Waals surface area contributed by atoms with Crippen molar-refractivity contribution in [2.45, 2.75) is 37.3 Å². The summed E-state index contributed by atoms with van der Waals surface area (Å²) in [4.78, 5) is 13.1. The zero-order valence-corrected chi connectivity index (χ0v) is 10.4. The van der Waals surface area contributed by atoms with Gasteiger partial charge in [-0.05, 0) is 49.5 Å². The molecule has 0 radical (unpaired) electrons. The first kappa shape index (κ1) is 10.9. The molecular formula is C14H18N2O. The third-order valence-corrected chi connectivity index (χ3v) is 4.19. The Morgan fingerprint density at radius 1 is 1.35 bits per heavy atom. The molecule has 3 heteroatoms. The highest BCUT2D eigenvalue weighted by atomic mass is 16.3. The van der Waals surface area contributed by atoms with Gasteiger partial charge in [0, 0.05) is 12.5 Å². The van der Waals surface area contributed by atoms with Crippen molar-refractivity contribution in [3.8, 4) is 0 Å². The number of nitrogens with zero attached hydrogens (tertiary/aromatic N) is 2. The van der Waals surface area contributed by atoms with E-state index in [2.05, 4.69) is 42.4 Å². The van der Waals surface area contributed by atoms with Gasteiger partial charge in [0.05, 0.1) is 6.04 Å². The molecule has 0 saturated heterocycles. The molecule has 0 aromatic heterocycles. The Labute approximate surface area is 102 Å². The molecule has 1 aromatic carbocycles. The van der Waals surface area contributed by atoms with Gasteiger partial charge in [0.1, 0.15) is 0 Å². The first-order valence-corrected chi connectivity index (χ1v) is 6.29. The fourth-order valence-corrected chi connectivity index (χ4v) is 3.62. The van der Waals surface area contributed by atoms with Crippen LogP contribution in [0.15, 0.2) is 23.4 Å². The SMILES string of the molecule is CN(C)Cc1cccc2c1C1CC2CC1N=O. The summed E-state index contributed by atoms with van der Waals surface area (Å²) in [5, 5.41) is 3.33. The fourth-order valence-electron chi connectivity index (χ4n) is 3.62. The molecule has 1 fully saturated rings. The number of nitroso groups, excluding NO2 is 1. The maximum absolute atomic E-state index is 10.9. The maximum Gasteiger partial charge on any atom is 0.0994 e. The summed E-state index contributed by atoms with van der Waals surface area (Å²) >= 11 is 0. The van der Waals surface area contributed by atoms with Crippen LogP contribution in [-0.4, -0.2) is 25.0 Å². The van der Waals surface area contributed by atoms with E-state index in [4.69, 9.17) is 0 Å².